The van der Waals surface area contributed by atoms with E-state index in [9.17, 15) is 9.50 Å². The summed E-state index contributed by atoms with van der Waals surface area (Å²) in [6, 6.07) is 21.0. The Labute approximate surface area is 128 Å². The molecule has 0 aliphatic heterocycles. The van der Waals surface area contributed by atoms with Crippen molar-refractivity contribution >= 4 is 11.9 Å². The number of rotatable bonds is 3. The molecule has 3 aromatic rings. The summed E-state index contributed by atoms with van der Waals surface area (Å²) in [5, 5.41) is 10.0. The molecule has 0 radical (unpaired) electrons. The molecule has 0 saturated carbocycles. The Hall–Kier alpha value is -2.94. The van der Waals surface area contributed by atoms with Crippen LogP contribution in [0.25, 0.3) is 11.1 Å². The van der Waals surface area contributed by atoms with E-state index in [-0.39, 0.29) is 17.3 Å². The Kier molecular flexibility index (Phi) is 3.97. The molecule has 0 aliphatic carbocycles. The number of aromatic hydroxyl groups is 1. The number of phenols is 1. The second-order valence-electron chi connectivity index (χ2n) is 4.81. The van der Waals surface area contributed by atoms with Crippen molar-refractivity contribution < 1.29 is 9.50 Å². The van der Waals surface area contributed by atoms with Crippen molar-refractivity contribution in [3.63, 3.8) is 0 Å². The predicted molar refractivity (Wildman–Crippen MR) is 87.2 cm³/mol. The monoisotopic (exact) mass is 291 g/mol. The second kappa shape index (κ2) is 6.22. The molecule has 0 fully saturated rings. The zero-order valence-electron chi connectivity index (χ0n) is 11.8. The van der Waals surface area contributed by atoms with Gasteiger partial charge in [0, 0.05) is 17.3 Å². The maximum Gasteiger partial charge on any atom is 0.148 e. The first-order chi connectivity index (χ1) is 10.8. The van der Waals surface area contributed by atoms with Gasteiger partial charge in [-0.1, -0.05) is 54.6 Å². The zero-order chi connectivity index (χ0) is 15.4. The van der Waals surface area contributed by atoms with Crippen LogP contribution in [-0.4, -0.2) is 11.3 Å². The van der Waals surface area contributed by atoms with Crippen molar-refractivity contribution in [1.82, 2.24) is 0 Å². The van der Waals surface area contributed by atoms with Gasteiger partial charge in [-0.3, -0.25) is 4.99 Å². The minimum Gasteiger partial charge on any atom is -0.507 e. The normalized spacial score (nSPS) is 11.0. The SMILES string of the molecule is Oc1ccccc1-c1ccccc1/C=N\c1ccccc1F. The van der Waals surface area contributed by atoms with Gasteiger partial charge in [0.25, 0.3) is 0 Å². The van der Waals surface area contributed by atoms with Crippen LogP contribution in [0.3, 0.4) is 0 Å². The maximum absolute atomic E-state index is 13.6. The van der Waals surface area contributed by atoms with Crippen molar-refractivity contribution in [2.24, 2.45) is 4.99 Å². The highest BCUT2D eigenvalue weighted by Crippen LogP contribution is 2.30. The summed E-state index contributed by atoms with van der Waals surface area (Å²) in [4.78, 5) is 4.21. The van der Waals surface area contributed by atoms with Crippen LogP contribution in [0.5, 0.6) is 5.75 Å². The van der Waals surface area contributed by atoms with Crippen LogP contribution in [0.2, 0.25) is 0 Å². The molecule has 0 spiro atoms. The lowest BCUT2D eigenvalue weighted by Gasteiger charge is -2.07. The average molecular weight is 291 g/mol. The summed E-state index contributed by atoms with van der Waals surface area (Å²) < 4.78 is 13.6. The minimum absolute atomic E-state index is 0.203. The van der Waals surface area contributed by atoms with E-state index in [1.165, 1.54) is 6.07 Å². The fourth-order valence-electron chi connectivity index (χ4n) is 2.25. The first-order valence-corrected chi connectivity index (χ1v) is 6.92. The molecule has 0 saturated heterocycles. The molecule has 108 valence electrons. The number of aliphatic imine (C=N–C) groups is 1. The Morgan fingerprint density at radius 1 is 0.773 bits per heavy atom. The summed E-state index contributed by atoms with van der Waals surface area (Å²) in [6.45, 7) is 0. The number of halogens is 1. The van der Waals surface area contributed by atoms with E-state index >= 15 is 0 Å². The number of hydrogen-bond donors (Lipinski definition) is 1. The van der Waals surface area contributed by atoms with E-state index in [0.717, 1.165) is 16.7 Å². The van der Waals surface area contributed by atoms with Gasteiger partial charge in [-0.25, -0.2) is 4.39 Å². The van der Waals surface area contributed by atoms with Gasteiger partial charge in [-0.15, -0.1) is 0 Å². The Bertz CT molecular complexity index is 827. The van der Waals surface area contributed by atoms with Crippen LogP contribution in [0, 0.1) is 5.82 Å². The highest BCUT2D eigenvalue weighted by atomic mass is 19.1. The fourth-order valence-corrected chi connectivity index (χ4v) is 2.25. The summed E-state index contributed by atoms with van der Waals surface area (Å²) in [5.74, 6) is -0.159. The van der Waals surface area contributed by atoms with Gasteiger partial charge in [-0.2, -0.15) is 0 Å². The topological polar surface area (TPSA) is 32.6 Å². The molecule has 3 aromatic carbocycles. The van der Waals surface area contributed by atoms with Crippen LogP contribution in [0.1, 0.15) is 5.56 Å². The predicted octanol–water partition coefficient (Wildman–Crippen LogP) is 4.95. The second-order valence-corrected chi connectivity index (χ2v) is 4.81. The molecule has 0 aromatic heterocycles. The molecule has 3 rings (SSSR count). The van der Waals surface area contributed by atoms with Crippen molar-refractivity contribution in [2.75, 3.05) is 0 Å². The van der Waals surface area contributed by atoms with Crippen molar-refractivity contribution in [3.8, 4) is 16.9 Å². The average Bonchev–Trinajstić information content (AvgIpc) is 2.55. The summed E-state index contributed by atoms with van der Waals surface area (Å²) >= 11 is 0. The third kappa shape index (κ3) is 2.88. The molecule has 0 amide bonds. The molecule has 22 heavy (non-hydrogen) atoms. The van der Waals surface area contributed by atoms with E-state index in [1.807, 2.05) is 36.4 Å². The maximum atomic E-state index is 13.6. The molecule has 0 atom stereocenters. The van der Waals surface area contributed by atoms with Crippen molar-refractivity contribution in [2.45, 2.75) is 0 Å². The van der Waals surface area contributed by atoms with Gasteiger partial charge < -0.3 is 5.11 Å². The standard InChI is InChI=1S/C19H14FNO/c20-17-10-4-5-11-18(17)21-13-14-7-1-2-8-15(14)16-9-3-6-12-19(16)22/h1-13,22H/b21-13-. The van der Waals surface area contributed by atoms with E-state index in [4.69, 9.17) is 0 Å². The number of para-hydroxylation sites is 2. The molecule has 0 bridgehead atoms. The summed E-state index contributed by atoms with van der Waals surface area (Å²) in [6.07, 6.45) is 1.61. The number of benzene rings is 3. The van der Waals surface area contributed by atoms with Crippen LogP contribution in [0.4, 0.5) is 10.1 Å². The van der Waals surface area contributed by atoms with E-state index in [2.05, 4.69) is 4.99 Å². The van der Waals surface area contributed by atoms with Crippen molar-refractivity contribution in [3.05, 3.63) is 84.2 Å². The van der Waals surface area contributed by atoms with Crippen molar-refractivity contribution in [1.29, 1.82) is 0 Å². The highest BCUT2D eigenvalue weighted by Gasteiger charge is 2.07. The van der Waals surface area contributed by atoms with Crippen LogP contribution < -0.4 is 0 Å². The molecule has 0 aliphatic rings. The molecule has 0 heterocycles. The molecule has 2 nitrogen and oxygen atoms in total. The molecular weight excluding hydrogens is 277 g/mol. The zero-order valence-corrected chi connectivity index (χ0v) is 11.8. The van der Waals surface area contributed by atoms with Crippen LogP contribution in [0.15, 0.2) is 77.8 Å². The smallest absolute Gasteiger partial charge is 0.148 e. The van der Waals surface area contributed by atoms with Gasteiger partial charge in [0.05, 0.1) is 5.69 Å². The van der Waals surface area contributed by atoms with Crippen LogP contribution >= 0.6 is 0 Å². The summed E-state index contributed by atoms with van der Waals surface area (Å²) in [5.41, 5.74) is 2.67. The highest BCUT2D eigenvalue weighted by molar-refractivity contribution is 5.92. The Morgan fingerprint density at radius 3 is 2.18 bits per heavy atom. The number of phenolic OH excluding ortho intramolecular Hbond substituents is 1. The van der Waals surface area contributed by atoms with Gasteiger partial charge in [0.15, 0.2) is 0 Å². The molecule has 0 unspecified atom stereocenters. The minimum atomic E-state index is -0.362. The van der Waals surface area contributed by atoms with Gasteiger partial charge in [0.1, 0.15) is 11.6 Å². The lowest BCUT2D eigenvalue weighted by Crippen LogP contribution is -1.88. The van der Waals surface area contributed by atoms with Gasteiger partial charge in [-0.05, 0) is 23.8 Å². The molecule has 3 heteroatoms. The first-order valence-electron chi connectivity index (χ1n) is 6.92. The Morgan fingerprint density at radius 2 is 1.41 bits per heavy atom. The quantitative estimate of drug-likeness (QED) is 0.680. The third-order valence-electron chi connectivity index (χ3n) is 3.35. The van der Waals surface area contributed by atoms with E-state index < -0.39 is 0 Å². The molecule has 1 N–H and O–H groups in total. The largest absolute Gasteiger partial charge is 0.507 e. The van der Waals surface area contributed by atoms with E-state index in [0.29, 0.717) is 0 Å². The van der Waals surface area contributed by atoms with E-state index in [1.54, 1.807) is 36.5 Å². The molecular formula is C19H14FNO. The first kappa shape index (κ1) is 14.0. The Balaban J connectivity index is 2.03. The van der Waals surface area contributed by atoms with Gasteiger partial charge in [0.2, 0.25) is 0 Å². The number of hydrogen-bond acceptors (Lipinski definition) is 2. The lowest BCUT2D eigenvalue weighted by atomic mass is 9.99. The summed E-state index contributed by atoms with van der Waals surface area (Å²) in [7, 11) is 0. The lowest BCUT2D eigenvalue weighted by molar-refractivity contribution is 0.477. The third-order valence-corrected chi connectivity index (χ3v) is 3.35. The fraction of sp³-hybridized carbons (Fsp3) is 0. The van der Waals surface area contributed by atoms with Gasteiger partial charge >= 0.3 is 0 Å². The number of nitrogens with zero attached hydrogens (tertiary/aromatic N) is 1. The van der Waals surface area contributed by atoms with Crippen LogP contribution in [-0.2, 0) is 0 Å².